The normalized spacial score (nSPS) is 35.0. The number of Topliss-reactive ketones (excluding diaryl/α,β-unsaturated/α-hetero) is 1. The Hall–Kier alpha value is -3.75. The van der Waals surface area contributed by atoms with Gasteiger partial charge in [0, 0.05) is 41.8 Å². The molecule has 0 amide bonds. The molecule has 1 unspecified atom stereocenters. The number of fused-ring (bicyclic) bond motifs is 7. The number of hydrogen-bond donors (Lipinski definition) is 0. The molecule has 5 fully saturated rings. The Morgan fingerprint density at radius 2 is 1.52 bits per heavy atom. The van der Waals surface area contributed by atoms with Crippen LogP contribution in [0.4, 0.5) is 0 Å². The van der Waals surface area contributed by atoms with Gasteiger partial charge >= 0.3 is 11.9 Å². The van der Waals surface area contributed by atoms with Gasteiger partial charge in [0.25, 0.3) is 0 Å². The van der Waals surface area contributed by atoms with E-state index >= 15 is 0 Å². The highest BCUT2D eigenvalue weighted by atomic mass is 35.5. The zero-order valence-corrected chi connectivity index (χ0v) is 43.2. The molecule has 9 heteroatoms. The van der Waals surface area contributed by atoms with Crippen molar-refractivity contribution < 1.29 is 23.9 Å². The molecule has 1 aromatic heterocycles. The van der Waals surface area contributed by atoms with Gasteiger partial charge < -0.3 is 18.9 Å². The van der Waals surface area contributed by atoms with Crippen molar-refractivity contribution in [3.05, 3.63) is 88.4 Å². The molecular weight excluding hydrogens is 854 g/mol. The molecule has 0 radical (unpaired) electrons. The summed E-state index contributed by atoms with van der Waals surface area (Å²) in [6.45, 7) is 23.1. The van der Waals surface area contributed by atoms with E-state index in [1.165, 1.54) is 5.57 Å². The summed E-state index contributed by atoms with van der Waals surface area (Å²) in [7, 11) is 4.25. The van der Waals surface area contributed by atoms with Crippen LogP contribution in [0.15, 0.2) is 71.9 Å². The van der Waals surface area contributed by atoms with E-state index in [9.17, 15) is 14.4 Å². The van der Waals surface area contributed by atoms with Gasteiger partial charge in [-0.15, -0.1) is 0 Å². The summed E-state index contributed by atoms with van der Waals surface area (Å²) in [4.78, 5) is 49.4. The van der Waals surface area contributed by atoms with Crippen LogP contribution in [0.2, 0.25) is 5.02 Å². The molecule has 5 saturated carbocycles. The molecular formula is C58H78ClN3O5. The number of halogens is 1. The molecule has 10 atom stereocenters. The first-order valence-electron chi connectivity index (χ1n) is 25.7. The average molecular weight is 933 g/mol. The summed E-state index contributed by atoms with van der Waals surface area (Å²) in [5, 5.41) is 0.722. The Kier molecular flexibility index (Phi) is 12.5. The number of esters is 2. The second-order valence-electron chi connectivity index (χ2n) is 24.7. The lowest BCUT2D eigenvalue weighted by atomic mass is 9.33. The molecule has 9 rings (SSSR count). The van der Waals surface area contributed by atoms with Gasteiger partial charge in [-0.1, -0.05) is 122 Å². The second-order valence-corrected chi connectivity index (χ2v) is 25.2. The Bertz CT molecular complexity index is 2420. The first kappa shape index (κ1) is 48.3. The molecule has 0 bridgehead atoms. The second kappa shape index (κ2) is 17.3. The van der Waals surface area contributed by atoms with Crippen LogP contribution >= 0.6 is 11.6 Å². The maximum Gasteiger partial charge on any atom is 0.309 e. The fourth-order valence-corrected chi connectivity index (χ4v) is 16.3. The smallest absolute Gasteiger partial charge is 0.309 e. The number of benzene rings is 2. The minimum absolute atomic E-state index is 0.0460. The summed E-state index contributed by atoms with van der Waals surface area (Å²) in [6, 6.07) is 17.9. The molecule has 0 saturated heterocycles. The third-order valence-corrected chi connectivity index (χ3v) is 20.4. The SMILES string of the molecule is CC(C)C1=C2[C@H]3CC[C@@H]4[C@@]5(C)CC[C@H](OC(=O)[C@H]6C[C@@H](C(=O)OCc7ccccc7)C6(C)C)C(C)(C)[C@@H]5CC[C@@]4(C)[C@]3(C)CCC2(Cc2ncc(-c3ccc(Cl)cc3)n2CCN(C)C)CC1=O. The van der Waals surface area contributed by atoms with Gasteiger partial charge in [0.05, 0.1) is 23.7 Å². The number of ketones is 1. The molecule has 0 N–H and O–H groups in total. The highest BCUT2D eigenvalue weighted by Crippen LogP contribution is 2.77. The summed E-state index contributed by atoms with van der Waals surface area (Å²) in [5.74, 6) is 1.88. The number of nitrogens with zero attached hydrogens (tertiary/aromatic N) is 3. The van der Waals surface area contributed by atoms with Gasteiger partial charge in [-0.25, -0.2) is 4.98 Å². The van der Waals surface area contributed by atoms with E-state index < -0.39 is 5.41 Å². The lowest BCUT2D eigenvalue weighted by Crippen LogP contribution is -2.66. The van der Waals surface area contributed by atoms with Crippen LogP contribution in [0.5, 0.6) is 0 Å². The minimum Gasteiger partial charge on any atom is -0.462 e. The Labute approximate surface area is 406 Å². The van der Waals surface area contributed by atoms with Crippen molar-refractivity contribution in [2.75, 3.05) is 20.6 Å². The number of allylic oxidation sites excluding steroid dienone is 2. The van der Waals surface area contributed by atoms with Crippen LogP contribution in [0.1, 0.15) is 138 Å². The largest absolute Gasteiger partial charge is 0.462 e. The quantitative estimate of drug-likeness (QED) is 0.167. The van der Waals surface area contributed by atoms with Gasteiger partial charge in [0.1, 0.15) is 18.5 Å². The van der Waals surface area contributed by atoms with Crippen LogP contribution in [-0.2, 0) is 43.4 Å². The van der Waals surface area contributed by atoms with Gasteiger partial charge in [0.2, 0.25) is 0 Å². The van der Waals surface area contributed by atoms with E-state index in [2.05, 4.69) is 84.2 Å². The third kappa shape index (κ3) is 7.80. The third-order valence-electron chi connectivity index (χ3n) is 20.2. The van der Waals surface area contributed by atoms with Gasteiger partial charge in [-0.2, -0.15) is 0 Å². The summed E-state index contributed by atoms with van der Waals surface area (Å²) < 4.78 is 14.8. The van der Waals surface area contributed by atoms with Crippen LogP contribution in [0.25, 0.3) is 11.3 Å². The number of aromatic nitrogens is 2. The number of likely N-dealkylation sites (N-methyl/N-ethyl adjacent to an activating group) is 1. The van der Waals surface area contributed by atoms with Crippen LogP contribution in [0.3, 0.4) is 0 Å². The predicted molar refractivity (Wildman–Crippen MR) is 266 cm³/mol. The van der Waals surface area contributed by atoms with Crippen LogP contribution < -0.4 is 0 Å². The Morgan fingerprint density at radius 3 is 2.19 bits per heavy atom. The van der Waals surface area contributed by atoms with Crippen molar-refractivity contribution in [1.29, 1.82) is 0 Å². The Morgan fingerprint density at radius 1 is 0.821 bits per heavy atom. The molecule has 6 aliphatic carbocycles. The number of ether oxygens (including phenoxy) is 2. The van der Waals surface area contributed by atoms with E-state index in [1.54, 1.807) is 0 Å². The van der Waals surface area contributed by atoms with Gasteiger partial charge in [-0.3, -0.25) is 14.4 Å². The van der Waals surface area contributed by atoms with Gasteiger partial charge in [0.15, 0.2) is 5.78 Å². The zero-order chi connectivity index (χ0) is 48.1. The number of imidazole rings is 1. The van der Waals surface area contributed by atoms with Crippen molar-refractivity contribution in [2.45, 2.75) is 152 Å². The molecule has 8 nitrogen and oxygen atoms in total. The van der Waals surface area contributed by atoms with Crippen molar-refractivity contribution in [3.8, 4) is 11.3 Å². The lowest BCUT2D eigenvalue weighted by molar-refractivity contribution is -0.236. The number of rotatable bonds is 12. The molecule has 362 valence electrons. The molecule has 0 spiro atoms. The average Bonchev–Trinajstić information content (AvgIpc) is 3.80. The van der Waals surface area contributed by atoms with Crippen molar-refractivity contribution >= 4 is 29.3 Å². The number of hydrogen-bond acceptors (Lipinski definition) is 7. The van der Waals surface area contributed by atoms with E-state index in [0.29, 0.717) is 36.4 Å². The highest BCUT2D eigenvalue weighted by molar-refractivity contribution is 6.30. The molecule has 1 heterocycles. The van der Waals surface area contributed by atoms with E-state index in [-0.39, 0.29) is 69.5 Å². The van der Waals surface area contributed by atoms with Crippen molar-refractivity contribution in [2.24, 2.45) is 68.0 Å². The van der Waals surface area contributed by atoms with E-state index in [1.807, 2.05) is 62.5 Å². The maximum atomic E-state index is 14.6. The fourth-order valence-electron chi connectivity index (χ4n) is 16.2. The Balaban J connectivity index is 0.942. The zero-order valence-electron chi connectivity index (χ0n) is 42.5. The van der Waals surface area contributed by atoms with E-state index in [4.69, 9.17) is 26.1 Å². The van der Waals surface area contributed by atoms with Crippen LogP contribution in [-0.4, -0.2) is 58.9 Å². The number of carbonyl (C=O) groups is 3. The summed E-state index contributed by atoms with van der Waals surface area (Å²) in [5.41, 5.74) is 5.07. The molecule has 2 aromatic carbocycles. The standard InChI is InChI=1S/C58H78ClN3O5/c1-36(2)49-44(63)32-58(33-48-60-34-43(62(48)30-29-61(10)11)38-17-19-39(59)20-18-38)28-27-56(8)40(50(49)58)21-22-46-55(7)25-24-47(54(5,6)45(55)23-26-57(46,56)9)67-52(65)42-31-41(53(42,3)4)51(64)66-35-37-15-13-12-14-16-37/h12-20,34,36,40-42,45-47H,21-33,35H2,1-11H3/t40-,41+,42-,45+,46-,47+,55+,56-,57-,58?/m1/s1. The minimum atomic E-state index is -0.529. The van der Waals surface area contributed by atoms with E-state index in [0.717, 1.165) is 104 Å². The van der Waals surface area contributed by atoms with Crippen molar-refractivity contribution in [1.82, 2.24) is 14.5 Å². The maximum absolute atomic E-state index is 14.6. The number of carbonyl (C=O) groups excluding carboxylic acids is 3. The molecule has 3 aromatic rings. The first-order chi connectivity index (χ1) is 31.6. The van der Waals surface area contributed by atoms with Crippen molar-refractivity contribution in [3.63, 3.8) is 0 Å². The topological polar surface area (TPSA) is 90.7 Å². The molecule has 67 heavy (non-hydrogen) atoms. The predicted octanol–water partition coefficient (Wildman–Crippen LogP) is 12.6. The fraction of sp³-hybridized carbons (Fsp3) is 0.655. The lowest BCUT2D eigenvalue weighted by Gasteiger charge is -2.72. The molecule has 6 aliphatic rings. The molecule has 0 aliphatic heterocycles. The van der Waals surface area contributed by atoms with Crippen LogP contribution in [0, 0.1) is 68.0 Å². The first-order valence-corrected chi connectivity index (χ1v) is 26.1. The summed E-state index contributed by atoms with van der Waals surface area (Å²) in [6.07, 6.45) is 12.2. The highest BCUT2D eigenvalue weighted by Gasteiger charge is 2.70. The summed E-state index contributed by atoms with van der Waals surface area (Å²) >= 11 is 6.34. The monoisotopic (exact) mass is 932 g/mol. The van der Waals surface area contributed by atoms with Gasteiger partial charge in [-0.05, 0) is 146 Å².